The van der Waals surface area contributed by atoms with Crippen LogP contribution in [0.15, 0.2) is 12.1 Å². The topological polar surface area (TPSA) is 108 Å². The fourth-order valence-electron chi connectivity index (χ4n) is 2.83. The molecule has 1 atom stereocenters. The first kappa shape index (κ1) is 19.5. The summed E-state index contributed by atoms with van der Waals surface area (Å²) in [6, 6.07) is 2.27. The molecule has 0 radical (unpaired) electrons. The highest BCUT2D eigenvalue weighted by Gasteiger charge is 2.30. The van der Waals surface area contributed by atoms with Gasteiger partial charge in [-0.2, -0.15) is 0 Å². The molecule has 0 N–H and O–H groups in total. The number of esters is 1. The summed E-state index contributed by atoms with van der Waals surface area (Å²) >= 11 is 0. The van der Waals surface area contributed by atoms with Crippen molar-refractivity contribution in [3.05, 3.63) is 27.8 Å². The molecule has 1 saturated heterocycles. The number of hydrogen-bond acceptors (Lipinski definition) is 7. The van der Waals surface area contributed by atoms with Gasteiger partial charge < -0.3 is 19.1 Å². The Morgan fingerprint density at radius 2 is 1.69 bits per heavy atom. The predicted octanol–water partition coefficient (Wildman–Crippen LogP) is 2.17. The Kier molecular flexibility index (Phi) is 6.37. The van der Waals surface area contributed by atoms with Crippen LogP contribution in [0.3, 0.4) is 0 Å². The lowest BCUT2D eigenvalue weighted by atomic mass is 10.1. The van der Waals surface area contributed by atoms with Crippen LogP contribution in [0.25, 0.3) is 0 Å². The first-order chi connectivity index (χ1) is 12.4. The van der Waals surface area contributed by atoms with Crippen LogP contribution in [0, 0.1) is 10.1 Å². The molecule has 9 heteroatoms. The highest BCUT2D eigenvalue weighted by Crippen LogP contribution is 2.35. The van der Waals surface area contributed by atoms with Crippen molar-refractivity contribution in [2.45, 2.75) is 32.3 Å². The molecule has 1 aromatic carbocycles. The number of ether oxygens (including phenoxy) is 3. The highest BCUT2D eigenvalue weighted by atomic mass is 16.6. The van der Waals surface area contributed by atoms with Crippen molar-refractivity contribution < 1.29 is 28.7 Å². The molecule has 0 aromatic heterocycles. The second-order valence-electron chi connectivity index (χ2n) is 5.91. The first-order valence-electron chi connectivity index (χ1n) is 8.29. The number of likely N-dealkylation sites (tertiary alicyclic amines) is 1. The predicted molar refractivity (Wildman–Crippen MR) is 91.5 cm³/mol. The number of nitrogens with zero attached hydrogens (tertiary/aromatic N) is 2. The van der Waals surface area contributed by atoms with Crippen LogP contribution in [0.4, 0.5) is 5.69 Å². The minimum absolute atomic E-state index is 0.119. The third kappa shape index (κ3) is 4.22. The van der Waals surface area contributed by atoms with E-state index < -0.39 is 22.7 Å². The minimum Gasteiger partial charge on any atom is -0.493 e. The van der Waals surface area contributed by atoms with Crippen molar-refractivity contribution >= 4 is 17.6 Å². The van der Waals surface area contributed by atoms with Crippen LogP contribution in [0.5, 0.6) is 11.5 Å². The number of piperidine rings is 1. The molecular weight excluding hydrogens is 344 g/mol. The van der Waals surface area contributed by atoms with Crippen molar-refractivity contribution in [3.8, 4) is 11.5 Å². The lowest BCUT2D eigenvalue weighted by Crippen LogP contribution is -2.42. The standard InChI is InChI=1S/C17H22N2O7/c1-11(16(20)18-7-5-4-6-8-18)26-17(21)12-9-14(24-2)15(25-3)10-13(12)19(22)23/h9-11H,4-8H2,1-3H3/t11-/m0/s1. The maximum absolute atomic E-state index is 12.4. The molecular formula is C17H22N2O7. The molecule has 2 rings (SSSR count). The molecule has 9 nitrogen and oxygen atoms in total. The van der Waals surface area contributed by atoms with E-state index in [9.17, 15) is 19.7 Å². The Bertz CT molecular complexity index is 699. The van der Waals surface area contributed by atoms with Crippen molar-refractivity contribution in [1.82, 2.24) is 4.90 Å². The lowest BCUT2D eigenvalue weighted by molar-refractivity contribution is -0.385. The van der Waals surface area contributed by atoms with Crippen LogP contribution >= 0.6 is 0 Å². The fourth-order valence-corrected chi connectivity index (χ4v) is 2.83. The Morgan fingerprint density at radius 1 is 1.12 bits per heavy atom. The van der Waals surface area contributed by atoms with E-state index >= 15 is 0 Å². The van der Waals surface area contributed by atoms with E-state index in [2.05, 4.69) is 0 Å². The molecule has 0 aliphatic carbocycles. The van der Waals surface area contributed by atoms with Gasteiger partial charge in [-0.1, -0.05) is 0 Å². The molecule has 26 heavy (non-hydrogen) atoms. The van der Waals surface area contributed by atoms with Crippen LogP contribution in [0.1, 0.15) is 36.5 Å². The van der Waals surface area contributed by atoms with Crippen LogP contribution in [-0.2, 0) is 9.53 Å². The minimum atomic E-state index is -1.03. The van der Waals surface area contributed by atoms with Crippen molar-refractivity contribution in [3.63, 3.8) is 0 Å². The Morgan fingerprint density at radius 3 is 2.23 bits per heavy atom. The molecule has 1 heterocycles. The summed E-state index contributed by atoms with van der Waals surface area (Å²) in [6.45, 7) is 2.70. The smallest absolute Gasteiger partial charge is 0.346 e. The fraction of sp³-hybridized carbons (Fsp3) is 0.529. The van der Waals surface area contributed by atoms with Crippen LogP contribution in [0.2, 0.25) is 0 Å². The molecule has 1 fully saturated rings. The van der Waals surface area contributed by atoms with Crippen molar-refractivity contribution in [2.75, 3.05) is 27.3 Å². The van der Waals surface area contributed by atoms with E-state index in [4.69, 9.17) is 14.2 Å². The number of amides is 1. The molecule has 0 saturated carbocycles. The molecule has 142 valence electrons. The molecule has 1 amide bonds. The zero-order valence-corrected chi connectivity index (χ0v) is 15.0. The van der Waals surface area contributed by atoms with E-state index in [0.717, 1.165) is 25.3 Å². The number of nitro benzene ring substituents is 1. The van der Waals surface area contributed by atoms with Gasteiger partial charge in [0.15, 0.2) is 17.6 Å². The first-order valence-corrected chi connectivity index (χ1v) is 8.29. The number of nitro groups is 1. The average Bonchev–Trinajstić information content (AvgIpc) is 2.66. The number of benzene rings is 1. The Labute approximate surface area is 151 Å². The number of carbonyl (C=O) groups is 2. The number of rotatable bonds is 6. The van der Waals surface area contributed by atoms with E-state index in [1.54, 1.807) is 4.90 Å². The number of carbonyl (C=O) groups excluding carboxylic acids is 2. The summed E-state index contributed by atoms with van der Waals surface area (Å²) in [7, 11) is 2.68. The SMILES string of the molecule is COc1cc(C(=O)O[C@@H](C)C(=O)N2CCCCC2)c([N+](=O)[O-])cc1OC. The van der Waals surface area contributed by atoms with E-state index in [0.29, 0.717) is 13.1 Å². The molecule has 1 aliphatic rings. The van der Waals surface area contributed by atoms with Crippen LogP contribution < -0.4 is 9.47 Å². The summed E-state index contributed by atoms with van der Waals surface area (Å²) in [5.74, 6) is -0.995. The van der Waals surface area contributed by atoms with E-state index in [-0.39, 0.29) is 23.0 Å². The van der Waals surface area contributed by atoms with Gasteiger partial charge in [0.05, 0.1) is 25.2 Å². The maximum Gasteiger partial charge on any atom is 0.346 e. The Balaban J connectivity index is 2.22. The summed E-state index contributed by atoms with van der Waals surface area (Å²) < 4.78 is 15.3. The van der Waals surface area contributed by atoms with E-state index in [1.165, 1.54) is 27.2 Å². The molecule has 1 aliphatic heterocycles. The molecule has 0 bridgehead atoms. The third-order valence-corrected chi connectivity index (χ3v) is 4.22. The van der Waals surface area contributed by atoms with E-state index in [1.807, 2.05) is 0 Å². The summed E-state index contributed by atoms with van der Waals surface area (Å²) in [6.07, 6.45) is 1.85. The summed E-state index contributed by atoms with van der Waals surface area (Å²) in [5.41, 5.74) is -0.781. The third-order valence-electron chi connectivity index (χ3n) is 4.22. The van der Waals surface area contributed by atoms with Gasteiger partial charge in [-0.15, -0.1) is 0 Å². The van der Waals surface area contributed by atoms with Crippen molar-refractivity contribution in [2.24, 2.45) is 0 Å². The van der Waals surface area contributed by atoms with Gasteiger partial charge >= 0.3 is 5.97 Å². The number of methoxy groups -OCH3 is 2. The molecule has 1 aromatic rings. The Hall–Kier alpha value is -2.84. The lowest BCUT2D eigenvalue weighted by Gasteiger charge is -2.28. The zero-order valence-electron chi connectivity index (χ0n) is 15.0. The summed E-state index contributed by atoms with van der Waals surface area (Å²) in [4.78, 5) is 37.0. The summed E-state index contributed by atoms with van der Waals surface area (Å²) in [5, 5.41) is 11.3. The van der Waals surface area contributed by atoms with Gasteiger partial charge in [-0.25, -0.2) is 4.79 Å². The van der Waals surface area contributed by atoms with Gasteiger partial charge in [-0.05, 0) is 26.2 Å². The quantitative estimate of drug-likeness (QED) is 0.431. The average molecular weight is 366 g/mol. The second-order valence-corrected chi connectivity index (χ2v) is 5.91. The number of hydrogen-bond donors (Lipinski definition) is 0. The van der Waals surface area contributed by atoms with Crippen LogP contribution in [-0.4, -0.2) is 55.1 Å². The largest absolute Gasteiger partial charge is 0.493 e. The monoisotopic (exact) mass is 366 g/mol. The van der Waals surface area contributed by atoms with Gasteiger partial charge in [0, 0.05) is 19.2 Å². The molecule has 0 unspecified atom stereocenters. The van der Waals surface area contributed by atoms with Gasteiger partial charge in [0.2, 0.25) is 0 Å². The van der Waals surface area contributed by atoms with Gasteiger partial charge in [0.25, 0.3) is 11.6 Å². The van der Waals surface area contributed by atoms with Gasteiger partial charge in [0.1, 0.15) is 5.56 Å². The zero-order chi connectivity index (χ0) is 19.3. The molecule has 0 spiro atoms. The van der Waals surface area contributed by atoms with Gasteiger partial charge in [-0.3, -0.25) is 14.9 Å². The second kappa shape index (κ2) is 8.50. The maximum atomic E-state index is 12.4. The highest BCUT2D eigenvalue weighted by molar-refractivity contribution is 5.96. The normalized spacial score (nSPS) is 15.1. The van der Waals surface area contributed by atoms with Crippen molar-refractivity contribution in [1.29, 1.82) is 0 Å².